The number of nitrogens with one attached hydrogen (secondary N) is 1. The Bertz CT molecular complexity index is 1300. The molecule has 17 unspecified atom stereocenters. The molecule has 3 heterocycles. The van der Waals surface area contributed by atoms with Gasteiger partial charge in [-0.15, -0.1) is 0 Å². The Morgan fingerprint density at radius 2 is 0.814 bits per heavy atom. The zero-order valence-corrected chi connectivity index (χ0v) is 42.5. The van der Waals surface area contributed by atoms with Crippen LogP contribution in [0.5, 0.6) is 0 Å². The van der Waals surface area contributed by atoms with Gasteiger partial charge in [-0.25, -0.2) is 0 Å². The van der Waals surface area contributed by atoms with Crippen LogP contribution in [0.25, 0.3) is 0 Å². The highest BCUT2D eigenvalue weighted by Crippen LogP contribution is 2.33. The minimum atomic E-state index is -1.97. The Labute approximate surface area is 417 Å². The molecule has 19 nitrogen and oxygen atoms in total. The van der Waals surface area contributed by atoms with Crippen LogP contribution in [0.4, 0.5) is 0 Å². The predicted molar refractivity (Wildman–Crippen MR) is 259 cm³/mol. The molecule has 3 saturated heterocycles. The van der Waals surface area contributed by atoms with Gasteiger partial charge in [0.05, 0.1) is 38.6 Å². The number of hydrogen-bond donors (Lipinski definition) is 12. The topological polar surface area (TPSA) is 307 Å². The van der Waals surface area contributed by atoms with Gasteiger partial charge in [-0.05, 0) is 12.8 Å². The van der Waals surface area contributed by atoms with Crippen LogP contribution < -0.4 is 5.32 Å². The van der Waals surface area contributed by atoms with E-state index in [1.807, 2.05) is 0 Å². The molecule has 3 rings (SSSR count). The van der Waals surface area contributed by atoms with Gasteiger partial charge in [-0.1, -0.05) is 168 Å². The van der Waals surface area contributed by atoms with E-state index in [4.69, 9.17) is 28.4 Å². The number of carbonyl (C=O) groups is 1. The van der Waals surface area contributed by atoms with Crippen molar-refractivity contribution in [3.8, 4) is 0 Å². The Balaban J connectivity index is 1.43. The molecule has 3 fully saturated rings. The molecule has 414 valence electrons. The van der Waals surface area contributed by atoms with Gasteiger partial charge in [0, 0.05) is 6.42 Å². The Hall–Kier alpha value is -1.21. The third-order valence-corrected chi connectivity index (χ3v) is 14.2. The van der Waals surface area contributed by atoms with Crippen molar-refractivity contribution in [1.82, 2.24) is 5.32 Å². The fourth-order valence-electron chi connectivity index (χ4n) is 9.61. The summed E-state index contributed by atoms with van der Waals surface area (Å²) < 4.78 is 34.1. The number of unbranched alkanes of at least 4 members (excludes halogenated alkanes) is 23. The summed E-state index contributed by atoms with van der Waals surface area (Å²) in [6.45, 7) is 1.65. The molecule has 3 aliphatic heterocycles. The summed E-state index contributed by atoms with van der Waals surface area (Å²) in [7, 11) is 0. The molecule has 3 aliphatic rings. The molecule has 0 aromatic heterocycles. The molecule has 17 atom stereocenters. The van der Waals surface area contributed by atoms with Gasteiger partial charge in [0.1, 0.15) is 73.2 Å². The lowest BCUT2D eigenvalue weighted by Gasteiger charge is -2.48. The second-order valence-electron chi connectivity index (χ2n) is 20.1. The van der Waals surface area contributed by atoms with Crippen molar-refractivity contribution < 1.29 is 89.4 Å². The largest absolute Gasteiger partial charge is 0.394 e. The fourth-order valence-corrected chi connectivity index (χ4v) is 9.61. The summed E-state index contributed by atoms with van der Waals surface area (Å²) in [5.41, 5.74) is 0. The van der Waals surface area contributed by atoms with Gasteiger partial charge in [0.15, 0.2) is 18.9 Å². The minimum Gasteiger partial charge on any atom is -0.394 e. The van der Waals surface area contributed by atoms with Gasteiger partial charge in [0.2, 0.25) is 5.91 Å². The average Bonchev–Trinajstić information content (AvgIpc) is 3.35. The molecule has 0 bridgehead atoms. The Morgan fingerprint density at radius 3 is 1.24 bits per heavy atom. The second-order valence-corrected chi connectivity index (χ2v) is 20.1. The first-order valence-corrected chi connectivity index (χ1v) is 27.3. The van der Waals surface area contributed by atoms with Crippen LogP contribution in [-0.4, -0.2) is 193 Å². The lowest BCUT2D eigenvalue weighted by Crippen LogP contribution is -2.66. The molecule has 70 heavy (non-hydrogen) atoms. The van der Waals surface area contributed by atoms with Crippen LogP contribution in [-0.2, 0) is 33.2 Å². The van der Waals surface area contributed by atoms with E-state index in [2.05, 4.69) is 19.2 Å². The zero-order valence-electron chi connectivity index (χ0n) is 42.5. The number of hydrogen-bond acceptors (Lipinski definition) is 18. The van der Waals surface area contributed by atoms with E-state index in [9.17, 15) is 61.0 Å². The lowest BCUT2D eigenvalue weighted by molar-refractivity contribution is -0.379. The van der Waals surface area contributed by atoms with E-state index in [0.29, 0.717) is 12.8 Å². The maximum atomic E-state index is 13.0. The van der Waals surface area contributed by atoms with Gasteiger partial charge < -0.3 is 89.9 Å². The van der Waals surface area contributed by atoms with Gasteiger partial charge >= 0.3 is 0 Å². The van der Waals surface area contributed by atoms with Crippen LogP contribution >= 0.6 is 0 Å². The Morgan fingerprint density at radius 1 is 0.457 bits per heavy atom. The summed E-state index contributed by atoms with van der Waals surface area (Å²) in [5.74, 6) is -0.260. The summed E-state index contributed by atoms with van der Waals surface area (Å²) in [5, 5.41) is 119. The Kier molecular flexibility index (Phi) is 33.1. The third kappa shape index (κ3) is 21.9. The SMILES string of the molecule is CCCCCCCCCCCCCCCCCCCCCCCC(O)C(COC1OC(CO)C(OC2OC(CO)C(OC3OC(CO)C(O)C(O)C3O)C(O)C2O)C(O)C1O)NC(=O)CCCCCC. The normalized spacial score (nSPS) is 32.5. The zero-order chi connectivity index (χ0) is 51.3. The number of aliphatic hydroxyl groups excluding tert-OH is 11. The van der Waals surface area contributed by atoms with Crippen molar-refractivity contribution in [2.75, 3.05) is 26.4 Å². The molecule has 0 aromatic carbocycles. The predicted octanol–water partition coefficient (Wildman–Crippen LogP) is 2.87. The van der Waals surface area contributed by atoms with Gasteiger partial charge in [0.25, 0.3) is 0 Å². The third-order valence-electron chi connectivity index (χ3n) is 14.2. The van der Waals surface area contributed by atoms with Crippen molar-refractivity contribution in [3.63, 3.8) is 0 Å². The van der Waals surface area contributed by atoms with Crippen molar-refractivity contribution in [3.05, 3.63) is 0 Å². The fraction of sp³-hybridized carbons (Fsp3) is 0.980. The molecule has 1 amide bonds. The van der Waals surface area contributed by atoms with Crippen LogP contribution in [0.15, 0.2) is 0 Å². The standard InChI is InChI=1S/C51H97NO18/c1-3-5-7-9-10-11-12-13-14-15-16-17-18-19-20-21-22-23-24-25-26-28-35(56)34(52-39(57)29-27-8-6-4-2)33-65-49-45(63)42(60)47(37(31-54)67-49)70-51-46(64)43(61)48(38(32-55)68-51)69-50-44(62)41(59)40(58)36(30-53)66-50/h34-38,40-51,53-56,58-64H,3-33H2,1-2H3,(H,52,57). The number of aliphatic hydroxyl groups is 11. The van der Waals surface area contributed by atoms with Gasteiger partial charge in [-0.3, -0.25) is 4.79 Å². The second kappa shape index (κ2) is 36.7. The monoisotopic (exact) mass is 1010 g/mol. The first-order chi connectivity index (χ1) is 33.8. The van der Waals surface area contributed by atoms with E-state index >= 15 is 0 Å². The molecule has 0 saturated carbocycles. The highest BCUT2D eigenvalue weighted by Gasteiger charge is 2.53. The molecular weight excluding hydrogens is 915 g/mol. The van der Waals surface area contributed by atoms with Crippen LogP contribution in [0.1, 0.15) is 187 Å². The van der Waals surface area contributed by atoms with Gasteiger partial charge in [-0.2, -0.15) is 0 Å². The van der Waals surface area contributed by atoms with Crippen molar-refractivity contribution >= 4 is 5.91 Å². The van der Waals surface area contributed by atoms with E-state index in [1.54, 1.807) is 0 Å². The lowest BCUT2D eigenvalue weighted by atomic mass is 9.96. The summed E-state index contributed by atoms with van der Waals surface area (Å²) >= 11 is 0. The summed E-state index contributed by atoms with van der Waals surface area (Å²) in [4.78, 5) is 13.0. The summed E-state index contributed by atoms with van der Waals surface area (Å²) in [6, 6.07) is -0.876. The number of rotatable bonds is 39. The maximum Gasteiger partial charge on any atom is 0.220 e. The highest BCUT2D eigenvalue weighted by atomic mass is 16.8. The number of ether oxygens (including phenoxy) is 6. The quantitative estimate of drug-likeness (QED) is 0.0394. The molecule has 12 N–H and O–H groups in total. The smallest absolute Gasteiger partial charge is 0.220 e. The van der Waals surface area contributed by atoms with E-state index in [0.717, 1.165) is 44.9 Å². The highest BCUT2D eigenvalue weighted by molar-refractivity contribution is 5.76. The van der Waals surface area contributed by atoms with Crippen molar-refractivity contribution in [2.24, 2.45) is 0 Å². The molecular formula is C51H97NO18. The molecule has 0 aromatic rings. The minimum absolute atomic E-state index is 0.260. The van der Waals surface area contributed by atoms with Crippen molar-refractivity contribution in [2.45, 2.75) is 291 Å². The van der Waals surface area contributed by atoms with E-state index in [-0.39, 0.29) is 18.9 Å². The van der Waals surface area contributed by atoms with Crippen LogP contribution in [0.3, 0.4) is 0 Å². The van der Waals surface area contributed by atoms with E-state index < -0.39 is 124 Å². The molecule has 0 spiro atoms. The van der Waals surface area contributed by atoms with Crippen LogP contribution in [0, 0.1) is 0 Å². The van der Waals surface area contributed by atoms with Crippen LogP contribution in [0.2, 0.25) is 0 Å². The first-order valence-electron chi connectivity index (χ1n) is 27.3. The molecule has 19 heteroatoms. The molecule has 0 radical (unpaired) electrons. The summed E-state index contributed by atoms with van der Waals surface area (Å²) in [6.07, 6.45) is 4.38. The first kappa shape index (κ1) is 63.1. The van der Waals surface area contributed by atoms with Crippen molar-refractivity contribution in [1.29, 1.82) is 0 Å². The number of amides is 1. The average molecular weight is 1010 g/mol. The molecule has 0 aliphatic carbocycles. The number of carbonyl (C=O) groups excluding carboxylic acids is 1. The maximum absolute atomic E-state index is 13.0. The van der Waals surface area contributed by atoms with E-state index in [1.165, 1.54) is 109 Å².